The van der Waals surface area contributed by atoms with Gasteiger partial charge in [0.25, 0.3) is 0 Å². The minimum Gasteiger partial charge on any atom is -0.504 e. The van der Waals surface area contributed by atoms with Crippen LogP contribution in [0.15, 0.2) is 18.2 Å². The molecule has 0 spiro atoms. The van der Waals surface area contributed by atoms with Gasteiger partial charge in [0, 0.05) is 18.1 Å². The smallest absolute Gasteiger partial charge is 0.410 e. The number of phenolic OH excluding ortho intramolecular Hbond substituents is 1. The number of carbonyl (C=O) groups excluding carboxylic acids is 2. The van der Waals surface area contributed by atoms with Gasteiger partial charge in [-0.1, -0.05) is 0 Å². The summed E-state index contributed by atoms with van der Waals surface area (Å²) in [7, 11) is 4.55. The number of hydrogen-bond donors (Lipinski definition) is 1. The van der Waals surface area contributed by atoms with Crippen LogP contribution in [-0.2, 0) is 20.7 Å². The van der Waals surface area contributed by atoms with Crippen LogP contribution in [0.4, 0.5) is 4.79 Å². The number of carbonyl (C=O) groups is 2. The third-order valence-corrected chi connectivity index (χ3v) is 6.08. The van der Waals surface area contributed by atoms with Gasteiger partial charge in [-0.25, -0.2) is 4.79 Å². The molecule has 0 saturated heterocycles. The number of esters is 1. The summed E-state index contributed by atoms with van der Waals surface area (Å²) >= 11 is 0. The first-order chi connectivity index (χ1) is 15.8. The van der Waals surface area contributed by atoms with Gasteiger partial charge in [0.2, 0.25) is 0 Å². The molecule has 0 unspecified atom stereocenters. The summed E-state index contributed by atoms with van der Waals surface area (Å²) in [6.45, 7) is 3.37. The van der Waals surface area contributed by atoms with E-state index in [2.05, 4.69) is 0 Å². The number of ether oxygens (including phenoxy) is 5. The van der Waals surface area contributed by atoms with E-state index in [9.17, 15) is 14.7 Å². The molecule has 2 aliphatic rings. The van der Waals surface area contributed by atoms with E-state index in [0.29, 0.717) is 34.6 Å². The number of fused-ring (bicyclic) bond motifs is 2. The standard InChI is InChI=1S/C24H27NO8/c1-6-32-24(28)25-11-20(33-12(2)26)15-10-19(31-5)23(27)22-14-9-18(30-4)17(29-3)8-13(14)7-16(25)21(15)22/h8-10,16,20,27H,6-7,11H2,1-5H3/t16-,20+/m0/s1. The van der Waals surface area contributed by atoms with E-state index < -0.39 is 24.2 Å². The summed E-state index contributed by atoms with van der Waals surface area (Å²) < 4.78 is 27.3. The molecule has 33 heavy (non-hydrogen) atoms. The van der Waals surface area contributed by atoms with Crippen molar-refractivity contribution in [2.75, 3.05) is 34.5 Å². The van der Waals surface area contributed by atoms with Gasteiger partial charge in [-0.15, -0.1) is 0 Å². The second kappa shape index (κ2) is 8.73. The van der Waals surface area contributed by atoms with Crippen LogP contribution in [0.3, 0.4) is 0 Å². The molecule has 0 aromatic heterocycles. The molecule has 1 amide bonds. The second-order valence-corrected chi connectivity index (χ2v) is 7.84. The summed E-state index contributed by atoms with van der Waals surface area (Å²) in [6, 6.07) is 4.87. The highest BCUT2D eigenvalue weighted by molar-refractivity contribution is 5.86. The molecule has 9 nitrogen and oxygen atoms in total. The van der Waals surface area contributed by atoms with Crippen molar-refractivity contribution in [2.45, 2.75) is 32.4 Å². The van der Waals surface area contributed by atoms with Crippen LogP contribution in [0.25, 0.3) is 11.1 Å². The molecule has 4 rings (SSSR count). The number of rotatable bonds is 5. The Morgan fingerprint density at radius 2 is 1.73 bits per heavy atom. The van der Waals surface area contributed by atoms with Crippen molar-refractivity contribution < 1.29 is 38.4 Å². The van der Waals surface area contributed by atoms with Crippen LogP contribution in [0.5, 0.6) is 23.0 Å². The van der Waals surface area contributed by atoms with Crippen LogP contribution < -0.4 is 14.2 Å². The minimum atomic E-state index is -0.742. The maximum atomic E-state index is 12.9. The Morgan fingerprint density at radius 1 is 1.06 bits per heavy atom. The molecule has 1 heterocycles. The van der Waals surface area contributed by atoms with E-state index >= 15 is 0 Å². The van der Waals surface area contributed by atoms with Gasteiger partial charge in [-0.05, 0) is 48.2 Å². The summed E-state index contributed by atoms with van der Waals surface area (Å²) in [5.74, 6) is 0.734. The number of methoxy groups -OCH3 is 3. The SMILES string of the molecule is CCOC(=O)N1C[C@@H](OC(C)=O)c2cc(OC)c(O)c3c2[C@@H]1Cc1cc(OC)c(OC)cc1-3. The van der Waals surface area contributed by atoms with Crippen molar-refractivity contribution in [1.29, 1.82) is 0 Å². The van der Waals surface area contributed by atoms with Crippen LogP contribution in [0.1, 0.15) is 42.7 Å². The quantitative estimate of drug-likeness (QED) is 0.677. The number of benzene rings is 2. The van der Waals surface area contributed by atoms with Gasteiger partial charge in [0.05, 0.1) is 40.5 Å². The first-order valence-electron chi connectivity index (χ1n) is 10.6. The summed E-state index contributed by atoms with van der Waals surface area (Å²) in [6.07, 6.45) is -0.809. The average Bonchev–Trinajstić information content (AvgIpc) is 2.80. The first kappa shape index (κ1) is 22.6. The Balaban J connectivity index is 2.02. The lowest BCUT2D eigenvalue weighted by atomic mass is 9.75. The third kappa shape index (κ3) is 3.67. The van der Waals surface area contributed by atoms with E-state index in [-0.39, 0.29) is 24.7 Å². The van der Waals surface area contributed by atoms with E-state index in [0.717, 1.165) is 11.1 Å². The van der Waals surface area contributed by atoms with Gasteiger partial charge < -0.3 is 28.8 Å². The predicted octanol–water partition coefficient (Wildman–Crippen LogP) is 3.76. The second-order valence-electron chi connectivity index (χ2n) is 7.84. The van der Waals surface area contributed by atoms with Crippen LogP contribution >= 0.6 is 0 Å². The fourth-order valence-corrected chi connectivity index (χ4v) is 4.75. The van der Waals surface area contributed by atoms with E-state index in [4.69, 9.17) is 23.7 Å². The highest BCUT2D eigenvalue weighted by Crippen LogP contribution is 2.55. The molecule has 1 aliphatic carbocycles. The molecule has 176 valence electrons. The number of amides is 1. The highest BCUT2D eigenvalue weighted by atomic mass is 16.6. The van der Waals surface area contributed by atoms with Gasteiger partial charge >= 0.3 is 12.1 Å². The number of hydrogen-bond acceptors (Lipinski definition) is 8. The monoisotopic (exact) mass is 457 g/mol. The third-order valence-electron chi connectivity index (χ3n) is 6.08. The summed E-state index contributed by atoms with van der Waals surface area (Å²) in [5, 5.41) is 11.2. The van der Waals surface area contributed by atoms with Crippen molar-refractivity contribution in [3.63, 3.8) is 0 Å². The average molecular weight is 457 g/mol. The van der Waals surface area contributed by atoms with E-state index in [1.165, 1.54) is 21.1 Å². The Morgan fingerprint density at radius 3 is 2.33 bits per heavy atom. The lowest BCUT2D eigenvalue weighted by Gasteiger charge is -2.43. The predicted molar refractivity (Wildman–Crippen MR) is 118 cm³/mol. The molecular weight excluding hydrogens is 430 g/mol. The van der Waals surface area contributed by atoms with Crippen molar-refractivity contribution in [3.05, 3.63) is 34.9 Å². The normalized spacial score (nSPS) is 18.0. The summed E-state index contributed by atoms with van der Waals surface area (Å²) in [4.78, 5) is 26.3. The molecule has 0 saturated carbocycles. The van der Waals surface area contributed by atoms with Gasteiger partial charge in [0.15, 0.2) is 23.0 Å². The molecule has 1 N–H and O–H groups in total. The zero-order valence-electron chi connectivity index (χ0n) is 19.3. The molecule has 0 radical (unpaired) electrons. The lowest BCUT2D eigenvalue weighted by Crippen LogP contribution is -2.45. The first-order valence-corrected chi connectivity index (χ1v) is 10.6. The molecule has 0 bridgehead atoms. The zero-order valence-corrected chi connectivity index (χ0v) is 19.3. The van der Waals surface area contributed by atoms with Crippen molar-refractivity contribution in [1.82, 2.24) is 4.90 Å². The van der Waals surface area contributed by atoms with Gasteiger partial charge in [-0.2, -0.15) is 0 Å². The molecule has 2 aromatic carbocycles. The summed E-state index contributed by atoms with van der Waals surface area (Å²) in [5.41, 5.74) is 3.46. The zero-order chi connectivity index (χ0) is 23.9. The highest BCUT2D eigenvalue weighted by Gasteiger charge is 2.44. The topological polar surface area (TPSA) is 104 Å². The van der Waals surface area contributed by atoms with Crippen LogP contribution in [0.2, 0.25) is 0 Å². The van der Waals surface area contributed by atoms with Crippen molar-refractivity contribution in [3.8, 4) is 34.1 Å². The van der Waals surface area contributed by atoms with Crippen LogP contribution in [-0.4, -0.2) is 56.6 Å². The largest absolute Gasteiger partial charge is 0.504 e. The van der Waals surface area contributed by atoms with Crippen molar-refractivity contribution in [2.24, 2.45) is 0 Å². The lowest BCUT2D eigenvalue weighted by molar-refractivity contribution is -0.148. The maximum Gasteiger partial charge on any atom is 0.410 e. The number of aromatic hydroxyl groups is 1. The Kier molecular flexibility index (Phi) is 5.97. The molecule has 2 aromatic rings. The molecule has 9 heteroatoms. The van der Waals surface area contributed by atoms with Crippen molar-refractivity contribution >= 4 is 12.1 Å². The van der Waals surface area contributed by atoms with Crippen LogP contribution in [0, 0.1) is 0 Å². The van der Waals surface area contributed by atoms with E-state index in [1.54, 1.807) is 31.1 Å². The fraction of sp³-hybridized carbons (Fsp3) is 0.417. The molecule has 2 atom stereocenters. The molecule has 1 aliphatic heterocycles. The maximum absolute atomic E-state index is 12.9. The number of nitrogens with zero attached hydrogens (tertiary/aromatic N) is 1. The minimum absolute atomic E-state index is 0.0679. The van der Waals surface area contributed by atoms with Gasteiger partial charge in [-0.3, -0.25) is 9.69 Å². The fourth-order valence-electron chi connectivity index (χ4n) is 4.75. The Labute approximate surface area is 191 Å². The molecular formula is C24H27NO8. The molecule has 0 fully saturated rings. The number of phenols is 1. The Hall–Kier alpha value is -3.62. The van der Waals surface area contributed by atoms with Gasteiger partial charge in [0.1, 0.15) is 6.10 Å². The van der Waals surface area contributed by atoms with E-state index in [1.807, 2.05) is 6.07 Å². The Bertz CT molecular complexity index is 1110.